The molecule has 0 saturated heterocycles. The second-order valence-electron chi connectivity index (χ2n) is 5.08. The van der Waals surface area contributed by atoms with Crippen LogP contribution in [0.25, 0.3) is 0 Å². The lowest BCUT2D eigenvalue weighted by Gasteiger charge is -2.13. The summed E-state index contributed by atoms with van der Waals surface area (Å²) < 4.78 is 11.3. The molecule has 6 nitrogen and oxygen atoms in total. The normalized spacial score (nSPS) is 9.88. The van der Waals surface area contributed by atoms with Gasteiger partial charge < -0.3 is 14.8 Å². The van der Waals surface area contributed by atoms with Gasteiger partial charge in [0.25, 0.3) is 5.91 Å². The molecule has 0 aromatic heterocycles. The number of nitriles is 1. The fourth-order valence-corrected chi connectivity index (χ4v) is 2.57. The zero-order valence-electron chi connectivity index (χ0n) is 13.9. The van der Waals surface area contributed by atoms with Crippen molar-refractivity contribution in [2.75, 3.05) is 25.6 Å². The fourth-order valence-electron chi connectivity index (χ4n) is 2.00. The maximum absolute atomic E-state index is 12.5. The Morgan fingerprint density at radius 1 is 1.23 bits per heavy atom. The van der Waals surface area contributed by atoms with E-state index in [4.69, 9.17) is 27.0 Å². The Morgan fingerprint density at radius 3 is 2.62 bits per heavy atom. The second-order valence-corrected chi connectivity index (χ2v) is 6.40. The smallest absolute Gasteiger partial charge is 0.261 e. The summed E-state index contributed by atoms with van der Waals surface area (Å²) in [7, 11) is 1.58. The Kier molecular flexibility index (Phi) is 7.53. The summed E-state index contributed by atoms with van der Waals surface area (Å²) >= 11 is 8.52. The first-order valence-corrected chi connectivity index (χ1v) is 8.77. The molecule has 0 atom stereocenters. The molecule has 2 N–H and O–H groups in total. The molecule has 0 bridgehead atoms. The third-order valence-electron chi connectivity index (χ3n) is 3.23. The van der Waals surface area contributed by atoms with E-state index in [0.717, 1.165) is 4.47 Å². The summed E-state index contributed by atoms with van der Waals surface area (Å²) in [5.41, 5.74) is 1.55. The van der Waals surface area contributed by atoms with Gasteiger partial charge in [0, 0.05) is 17.3 Å². The van der Waals surface area contributed by atoms with Crippen LogP contribution >= 0.6 is 28.1 Å². The van der Waals surface area contributed by atoms with Gasteiger partial charge >= 0.3 is 0 Å². The molecular weight excluding hydrogens is 418 g/mol. The number of amides is 1. The van der Waals surface area contributed by atoms with Gasteiger partial charge in [0.1, 0.15) is 12.4 Å². The van der Waals surface area contributed by atoms with Crippen LogP contribution in [-0.2, 0) is 4.74 Å². The van der Waals surface area contributed by atoms with E-state index >= 15 is 0 Å². The van der Waals surface area contributed by atoms with E-state index in [9.17, 15) is 4.79 Å². The van der Waals surface area contributed by atoms with Gasteiger partial charge in [0.05, 0.1) is 23.8 Å². The lowest BCUT2D eigenvalue weighted by molar-refractivity contribution is 0.0969. The molecule has 0 spiro atoms. The predicted molar refractivity (Wildman–Crippen MR) is 106 cm³/mol. The summed E-state index contributed by atoms with van der Waals surface area (Å²) in [6.45, 7) is 0.738. The number of rotatable bonds is 6. The molecule has 0 aliphatic heterocycles. The van der Waals surface area contributed by atoms with Gasteiger partial charge in [-0.05, 0) is 54.7 Å². The molecule has 2 aromatic rings. The van der Waals surface area contributed by atoms with Crippen LogP contribution in [0, 0.1) is 11.3 Å². The Hall–Kier alpha value is -2.47. The number of hydrogen-bond donors (Lipinski definition) is 2. The van der Waals surface area contributed by atoms with Crippen LogP contribution in [0.5, 0.6) is 5.75 Å². The van der Waals surface area contributed by atoms with Crippen LogP contribution in [0.1, 0.15) is 15.9 Å². The minimum absolute atomic E-state index is 0.141. The Morgan fingerprint density at radius 2 is 1.96 bits per heavy atom. The van der Waals surface area contributed by atoms with Crippen molar-refractivity contribution in [1.29, 1.82) is 5.26 Å². The van der Waals surface area contributed by atoms with Crippen molar-refractivity contribution >= 4 is 44.9 Å². The average molecular weight is 434 g/mol. The lowest BCUT2D eigenvalue weighted by Crippen LogP contribution is -2.34. The highest BCUT2D eigenvalue weighted by atomic mass is 79.9. The fraction of sp³-hybridized carbons (Fsp3) is 0.167. The zero-order chi connectivity index (χ0) is 18.9. The van der Waals surface area contributed by atoms with E-state index in [0.29, 0.717) is 35.8 Å². The molecule has 2 rings (SSSR count). The lowest BCUT2D eigenvalue weighted by atomic mass is 10.2. The van der Waals surface area contributed by atoms with Crippen LogP contribution in [0.3, 0.4) is 0 Å². The summed E-state index contributed by atoms with van der Waals surface area (Å²) in [6.07, 6.45) is 0. The summed E-state index contributed by atoms with van der Waals surface area (Å²) in [6, 6.07) is 13.9. The van der Waals surface area contributed by atoms with Gasteiger partial charge in [-0.2, -0.15) is 5.26 Å². The molecule has 8 heteroatoms. The predicted octanol–water partition coefficient (Wildman–Crippen LogP) is 3.47. The molecule has 0 heterocycles. The van der Waals surface area contributed by atoms with Crippen LogP contribution in [0.4, 0.5) is 5.69 Å². The third-order valence-corrected chi connectivity index (χ3v) is 3.93. The monoisotopic (exact) mass is 433 g/mol. The number of methoxy groups -OCH3 is 1. The van der Waals surface area contributed by atoms with Crippen LogP contribution in [0.2, 0.25) is 0 Å². The number of carbonyl (C=O) groups excluding carboxylic acids is 1. The first-order valence-electron chi connectivity index (χ1n) is 7.57. The molecule has 1 amide bonds. The molecule has 0 aliphatic carbocycles. The number of ether oxygens (including phenoxy) is 2. The van der Waals surface area contributed by atoms with Gasteiger partial charge in [0.2, 0.25) is 0 Å². The largest absolute Gasteiger partial charge is 0.490 e. The van der Waals surface area contributed by atoms with Crippen molar-refractivity contribution < 1.29 is 14.3 Å². The van der Waals surface area contributed by atoms with Gasteiger partial charge in [-0.15, -0.1) is 0 Å². The van der Waals surface area contributed by atoms with Crippen molar-refractivity contribution in [1.82, 2.24) is 5.32 Å². The highest BCUT2D eigenvalue weighted by Gasteiger charge is 2.15. The second kappa shape index (κ2) is 9.87. The summed E-state index contributed by atoms with van der Waals surface area (Å²) in [5.74, 6) is 0.0359. The number of thiocarbonyl (C=S) groups is 1. The van der Waals surface area contributed by atoms with E-state index in [2.05, 4.69) is 26.6 Å². The molecule has 0 aliphatic rings. The molecule has 0 saturated carbocycles. The van der Waals surface area contributed by atoms with Crippen LogP contribution in [-0.4, -0.2) is 31.3 Å². The zero-order valence-corrected chi connectivity index (χ0v) is 16.3. The topological polar surface area (TPSA) is 83.4 Å². The number of nitrogens with zero attached hydrogens (tertiary/aromatic N) is 1. The van der Waals surface area contributed by atoms with E-state index in [1.54, 1.807) is 49.6 Å². The molecule has 0 unspecified atom stereocenters. The minimum atomic E-state index is -0.398. The number of carbonyl (C=O) groups is 1. The first-order chi connectivity index (χ1) is 12.5. The summed E-state index contributed by atoms with van der Waals surface area (Å²) in [4.78, 5) is 12.5. The minimum Gasteiger partial charge on any atom is -0.490 e. The van der Waals surface area contributed by atoms with E-state index < -0.39 is 5.91 Å². The van der Waals surface area contributed by atoms with Crippen molar-refractivity contribution in [3.63, 3.8) is 0 Å². The van der Waals surface area contributed by atoms with Crippen molar-refractivity contribution in [2.45, 2.75) is 0 Å². The molecule has 134 valence electrons. The van der Waals surface area contributed by atoms with Crippen molar-refractivity contribution in [3.8, 4) is 11.8 Å². The van der Waals surface area contributed by atoms with Gasteiger partial charge in [-0.1, -0.05) is 15.9 Å². The SMILES string of the molecule is COCCOc1ccc(Br)cc1C(=O)NC(=S)Nc1ccc(C#N)cc1. The highest BCUT2D eigenvalue weighted by molar-refractivity contribution is 9.10. The maximum Gasteiger partial charge on any atom is 0.261 e. The van der Waals surface area contributed by atoms with Crippen LogP contribution in [0.15, 0.2) is 46.9 Å². The first kappa shape index (κ1) is 19.8. The van der Waals surface area contributed by atoms with E-state index in [-0.39, 0.29) is 5.11 Å². The molecule has 0 radical (unpaired) electrons. The number of hydrogen-bond acceptors (Lipinski definition) is 5. The molecule has 0 fully saturated rings. The number of halogens is 1. The van der Waals surface area contributed by atoms with Gasteiger partial charge in [-0.25, -0.2) is 0 Å². The maximum atomic E-state index is 12.5. The van der Waals surface area contributed by atoms with Gasteiger partial charge in [0.15, 0.2) is 5.11 Å². The van der Waals surface area contributed by atoms with E-state index in [1.807, 2.05) is 6.07 Å². The average Bonchev–Trinajstić information content (AvgIpc) is 2.63. The number of benzene rings is 2. The van der Waals surface area contributed by atoms with E-state index in [1.165, 1.54) is 0 Å². The Bertz CT molecular complexity index is 835. The molecule has 2 aromatic carbocycles. The molecular formula is C18H16BrN3O3S. The summed E-state index contributed by atoms with van der Waals surface area (Å²) in [5, 5.41) is 14.5. The number of anilines is 1. The Balaban J connectivity index is 2.04. The standard InChI is InChI=1S/C18H16BrN3O3S/c1-24-8-9-25-16-7-4-13(19)10-15(16)17(23)22-18(26)21-14-5-2-12(11-20)3-6-14/h2-7,10H,8-9H2,1H3,(H2,21,22,23,26). The third kappa shape index (κ3) is 5.81. The molecule has 26 heavy (non-hydrogen) atoms. The quantitative estimate of drug-likeness (QED) is 0.535. The van der Waals surface area contributed by atoms with Crippen molar-refractivity contribution in [3.05, 3.63) is 58.1 Å². The van der Waals surface area contributed by atoms with Gasteiger partial charge in [-0.3, -0.25) is 10.1 Å². The highest BCUT2D eigenvalue weighted by Crippen LogP contribution is 2.23. The number of nitrogens with one attached hydrogen (secondary N) is 2. The Labute approximate surface area is 165 Å². The van der Waals surface area contributed by atoms with Crippen LogP contribution < -0.4 is 15.4 Å². The van der Waals surface area contributed by atoms with Crippen molar-refractivity contribution in [2.24, 2.45) is 0 Å².